The van der Waals surface area contributed by atoms with E-state index in [1.54, 1.807) is 0 Å². The fraction of sp³-hybridized carbons (Fsp3) is 0.850. The quantitative estimate of drug-likeness (QED) is 0.268. The van der Waals surface area contributed by atoms with Crippen molar-refractivity contribution in [3.8, 4) is 0 Å². The molecular weight excluding hydrogens is 306 g/mol. The maximum atomic E-state index is 12.5. The van der Waals surface area contributed by atoms with Crippen LogP contribution in [0.2, 0.25) is 0 Å². The Kier molecular flexibility index (Phi) is 15.2. The molecule has 0 rings (SSSR count). The summed E-state index contributed by atoms with van der Waals surface area (Å²) in [5, 5.41) is 0. The molecule has 0 fully saturated rings. The maximum absolute atomic E-state index is 12.5. The first kappa shape index (κ1) is 24.9. The Labute approximate surface area is 151 Å². The van der Waals surface area contributed by atoms with Crippen LogP contribution in [-0.2, 0) is 4.79 Å². The molecule has 0 heterocycles. The highest BCUT2D eigenvalue weighted by Crippen LogP contribution is 2.20. The molecule has 0 aromatic heterocycles. The summed E-state index contributed by atoms with van der Waals surface area (Å²) in [6.07, 6.45) is 12.7. The van der Waals surface area contributed by atoms with Crippen molar-refractivity contribution in [3.63, 3.8) is 0 Å². The minimum absolute atomic E-state index is 0. The lowest BCUT2D eigenvalue weighted by molar-refractivity contribution is -0.906. The van der Waals surface area contributed by atoms with Gasteiger partial charge in [-0.15, -0.1) is 0 Å². The average molecular weight is 346 g/mol. The molecule has 0 saturated heterocycles. The smallest absolute Gasteiger partial charge is 0.215 e. The van der Waals surface area contributed by atoms with Crippen LogP contribution < -0.4 is 12.4 Å². The van der Waals surface area contributed by atoms with E-state index in [4.69, 9.17) is 0 Å². The van der Waals surface area contributed by atoms with Gasteiger partial charge in [-0.3, -0.25) is 4.79 Å². The topological polar surface area (TPSA) is 17.1 Å². The summed E-state index contributed by atoms with van der Waals surface area (Å²) in [5.74, 6) is 0.265. The third-order valence-electron chi connectivity index (χ3n) is 4.70. The van der Waals surface area contributed by atoms with Crippen LogP contribution in [0.4, 0.5) is 0 Å². The van der Waals surface area contributed by atoms with Crippen molar-refractivity contribution in [2.75, 3.05) is 20.6 Å². The molecule has 0 amide bonds. The summed E-state index contributed by atoms with van der Waals surface area (Å²) in [5.41, 5.74) is 0.715. The van der Waals surface area contributed by atoms with Crippen LogP contribution in [0, 0.1) is 0 Å². The lowest BCUT2D eigenvalue weighted by Crippen LogP contribution is -3.00. The number of halogens is 1. The molecule has 0 saturated carbocycles. The summed E-state index contributed by atoms with van der Waals surface area (Å²) < 4.78 is 0.804. The van der Waals surface area contributed by atoms with Gasteiger partial charge in [-0.2, -0.15) is 0 Å². The van der Waals surface area contributed by atoms with Gasteiger partial charge in [0.1, 0.15) is 0 Å². The van der Waals surface area contributed by atoms with Crippen LogP contribution in [0.1, 0.15) is 85.0 Å². The molecule has 3 heteroatoms. The molecule has 1 atom stereocenters. The summed E-state index contributed by atoms with van der Waals surface area (Å²) in [7, 11) is 4.39. The van der Waals surface area contributed by atoms with Gasteiger partial charge in [0.05, 0.1) is 20.6 Å². The zero-order valence-electron chi connectivity index (χ0n) is 16.3. The van der Waals surface area contributed by atoms with Crippen LogP contribution in [-0.4, -0.2) is 36.9 Å². The predicted octanol–water partition coefficient (Wildman–Crippen LogP) is 2.52. The second-order valence-electron chi connectivity index (χ2n) is 7.43. The van der Waals surface area contributed by atoms with E-state index in [2.05, 4.69) is 34.5 Å². The van der Waals surface area contributed by atoms with E-state index >= 15 is 0 Å². The van der Waals surface area contributed by atoms with Crippen LogP contribution in [0.25, 0.3) is 0 Å². The molecule has 0 spiro atoms. The Morgan fingerprint density at radius 1 is 0.913 bits per heavy atom. The molecule has 1 unspecified atom stereocenters. The number of unbranched alkanes of at least 4 members (excludes halogenated alkanes) is 7. The molecule has 23 heavy (non-hydrogen) atoms. The minimum atomic E-state index is 0. The fourth-order valence-corrected chi connectivity index (χ4v) is 3.29. The molecule has 2 nitrogen and oxygen atoms in total. The number of quaternary nitrogens is 1. The van der Waals surface area contributed by atoms with E-state index in [9.17, 15) is 4.79 Å². The van der Waals surface area contributed by atoms with E-state index in [1.165, 1.54) is 51.4 Å². The van der Waals surface area contributed by atoms with E-state index in [0.29, 0.717) is 5.57 Å². The van der Waals surface area contributed by atoms with Crippen LogP contribution in [0.3, 0.4) is 0 Å². The number of Topliss-reactive ketones (excluding diaryl/α,β-unsaturated/α-hetero) is 1. The van der Waals surface area contributed by atoms with Gasteiger partial charge in [-0.05, 0) is 25.3 Å². The van der Waals surface area contributed by atoms with Gasteiger partial charge in [0.15, 0.2) is 6.04 Å². The Morgan fingerprint density at radius 2 is 1.39 bits per heavy atom. The van der Waals surface area contributed by atoms with Gasteiger partial charge in [0.25, 0.3) is 0 Å². The average Bonchev–Trinajstić information content (AvgIpc) is 2.44. The maximum Gasteiger partial charge on any atom is 0.215 e. The number of carbonyl (C=O) groups is 1. The third-order valence-corrected chi connectivity index (χ3v) is 4.70. The van der Waals surface area contributed by atoms with Gasteiger partial charge >= 0.3 is 0 Å². The van der Waals surface area contributed by atoms with Crippen molar-refractivity contribution in [3.05, 3.63) is 12.2 Å². The summed E-state index contributed by atoms with van der Waals surface area (Å²) in [4.78, 5) is 12.5. The zero-order valence-corrected chi connectivity index (χ0v) is 17.1. The second-order valence-corrected chi connectivity index (χ2v) is 7.43. The van der Waals surface area contributed by atoms with Gasteiger partial charge in [0, 0.05) is 6.42 Å². The predicted molar refractivity (Wildman–Crippen MR) is 98.1 cm³/mol. The normalized spacial score (nSPS) is 12.6. The fourth-order valence-electron chi connectivity index (χ4n) is 3.29. The second kappa shape index (κ2) is 14.0. The molecule has 0 aromatic rings. The highest BCUT2D eigenvalue weighted by molar-refractivity contribution is 5.97. The molecule has 138 valence electrons. The van der Waals surface area contributed by atoms with Crippen molar-refractivity contribution in [2.24, 2.45) is 0 Å². The summed E-state index contributed by atoms with van der Waals surface area (Å²) >= 11 is 0. The Balaban J connectivity index is 0. The number of ketones is 1. The summed E-state index contributed by atoms with van der Waals surface area (Å²) in [6.45, 7) is 11.2. The van der Waals surface area contributed by atoms with E-state index in [1.807, 2.05) is 6.92 Å². The molecule has 0 aliphatic carbocycles. The molecule has 0 N–H and O–H groups in total. The number of hydrogen-bond donors (Lipinski definition) is 0. The molecule has 0 aliphatic rings. The number of carbonyl (C=O) groups excluding carboxylic acids is 1. The monoisotopic (exact) mass is 345 g/mol. The van der Waals surface area contributed by atoms with E-state index in [-0.39, 0.29) is 24.2 Å². The van der Waals surface area contributed by atoms with Gasteiger partial charge < -0.3 is 16.9 Å². The molecule has 0 aliphatic heterocycles. The SMILES string of the molecule is C=C(C)C(=O)C(CCCCCCCCCC)[N+](C)(C)CCC.[Cl-]. The van der Waals surface area contributed by atoms with Crippen molar-refractivity contribution >= 4 is 5.78 Å². The Morgan fingerprint density at radius 3 is 1.83 bits per heavy atom. The van der Waals surface area contributed by atoms with Gasteiger partial charge in [-0.25, -0.2) is 0 Å². The van der Waals surface area contributed by atoms with Crippen LogP contribution in [0.5, 0.6) is 0 Å². The van der Waals surface area contributed by atoms with Gasteiger partial charge in [-0.1, -0.05) is 65.4 Å². The number of likely N-dealkylation sites (N-methyl/N-ethyl adjacent to an activating group) is 1. The highest BCUT2D eigenvalue weighted by Gasteiger charge is 2.33. The van der Waals surface area contributed by atoms with Crippen molar-refractivity contribution in [1.82, 2.24) is 0 Å². The van der Waals surface area contributed by atoms with Crippen molar-refractivity contribution in [2.45, 2.75) is 91.0 Å². The molecule has 0 aromatic carbocycles. The highest BCUT2D eigenvalue weighted by atomic mass is 35.5. The zero-order chi connectivity index (χ0) is 17.0. The minimum Gasteiger partial charge on any atom is -1.00 e. The third kappa shape index (κ3) is 10.9. The largest absolute Gasteiger partial charge is 1.00 e. The summed E-state index contributed by atoms with van der Waals surface area (Å²) in [6, 6.07) is 0.0949. The van der Waals surface area contributed by atoms with E-state index < -0.39 is 0 Å². The molecular formula is C20H40ClNO. The molecule has 0 bridgehead atoms. The first-order valence-corrected chi connectivity index (χ1v) is 9.39. The molecule has 0 radical (unpaired) electrons. The Hall–Kier alpha value is -0.340. The standard InChI is InChI=1S/C20H40NO.ClH/c1-7-9-10-11-12-13-14-15-16-19(20(22)18(3)4)21(5,6)17-8-2;/h19H,3,7-17H2,1-2,4-6H3;1H/q+1;/p-1. The lowest BCUT2D eigenvalue weighted by Gasteiger charge is -2.37. The van der Waals surface area contributed by atoms with Crippen LogP contribution >= 0.6 is 0 Å². The first-order chi connectivity index (χ1) is 10.4. The number of nitrogens with zero attached hydrogens (tertiary/aromatic N) is 1. The van der Waals surface area contributed by atoms with Crippen LogP contribution in [0.15, 0.2) is 12.2 Å². The lowest BCUT2D eigenvalue weighted by atomic mass is 9.96. The van der Waals surface area contributed by atoms with Crippen molar-refractivity contribution < 1.29 is 21.7 Å². The first-order valence-electron chi connectivity index (χ1n) is 9.39. The van der Waals surface area contributed by atoms with Gasteiger partial charge in [0.2, 0.25) is 5.78 Å². The Bertz CT molecular complexity index is 326. The van der Waals surface area contributed by atoms with Crippen molar-refractivity contribution in [1.29, 1.82) is 0 Å². The number of rotatable bonds is 14. The number of hydrogen-bond acceptors (Lipinski definition) is 1. The van der Waals surface area contributed by atoms with E-state index in [0.717, 1.165) is 23.9 Å².